The van der Waals surface area contributed by atoms with E-state index in [1.165, 1.54) is 0 Å². The van der Waals surface area contributed by atoms with Crippen LogP contribution in [0.15, 0.2) is 0 Å². The molecule has 2 N–H and O–H groups in total. The van der Waals surface area contributed by atoms with E-state index in [4.69, 9.17) is 0 Å². The third-order valence-electron chi connectivity index (χ3n) is 1.63. The summed E-state index contributed by atoms with van der Waals surface area (Å²) in [7, 11) is -3.09. The van der Waals surface area contributed by atoms with Gasteiger partial charge in [-0.15, -0.1) is 0 Å². The van der Waals surface area contributed by atoms with E-state index in [0.29, 0.717) is 13.1 Å². The van der Waals surface area contributed by atoms with Gasteiger partial charge in [0.1, 0.15) is 5.25 Å². The van der Waals surface area contributed by atoms with Crippen molar-refractivity contribution in [2.45, 2.75) is 31.6 Å². The molecule has 12 heavy (non-hydrogen) atoms. The van der Waals surface area contributed by atoms with Crippen LogP contribution in [0.5, 0.6) is 0 Å². The molecule has 0 aromatic heterocycles. The molecule has 1 aliphatic rings. The molecule has 0 amide bonds. The Balaban J connectivity index is 2.60. The molecule has 1 heterocycles. The molecule has 5 heteroatoms. The van der Waals surface area contributed by atoms with Gasteiger partial charge in [-0.05, 0) is 20.8 Å². The highest BCUT2D eigenvalue weighted by molar-refractivity contribution is 7.90. The van der Waals surface area contributed by atoms with E-state index in [2.05, 4.69) is 10.0 Å². The summed E-state index contributed by atoms with van der Waals surface area (Å²) in [5.41, 5.74) is -0.367. The van der Waals surface area contributed by atoms with E-state index in [1.54, 1.807) is 0 Å². The van der Waals surface area contributed by atoms with Crippen molar-refractivity contribution in [1.82, 2.24) is 10.0 Å². The van der Waals surface area contributed by atoms with Crippen LogP contribution in [0.25, 0.3) is 0 Å². The third-order valence-corrected chi connectivity index (χ3v) is 3.74. The first-order chi connectivity index (χ1) is 5.31. The molecular formula is C7H16N2O2S. The molecule has 0 atom stereocenters. The first kappa shape index (κ1) is 9.95. The zero-order chi connectivity index (χ0) is 9.41. The van der Waals surface area contributed by atoms with Crippen LogP contribution in [0.3, 0.4) is 0 Å². The molecule has 1 fully saturated rings. The Hall–Kier alpha value is -0.130. The highest BCUT2D eigenvalue weighted by Crippen LogP contribution is 2.09. The zero-order valence-corrected chi connectivity index (χ0v) is 8.53. The van der Waals surface area contributed by atoms with Crippen LogP contribution in [-0.2, 0) is 10.0 Å². The maximum absolute atomic E-state index is 11.5. The molecule has 1 saturated heterocycles. The largest absolute Gasteiger partial charge is 0.314 e. The molecule has 0 unspecified atom stereocenters. The average Bonchev–Trinajstić information content (AvgIpc) is 1.45. The summed E-state index contributed by atoms with van der Waals surface area (Å²) >= 11 is 0. The Bertz CT molecular complexity index is 249. The van der Waals surface area contributed by atoms with Gasteiger partial charge in [0, 0.05) is 18.6 Å². The van der Waals surface area contributed by atoms with Crippen LogP contribution in [0.2, 0.25) is 0 Å². The number of hydrogen-bond acceptors (Lipinski definition) is 3. The second kappa shape index (κ2) is 2.97. The van der Waals surface area contributed by atoms with Crippen molar-refractivity contribution in [1.29, 1.82) is 0 Å². The second-order valence-electron chi connectivity index (χ2n) is 4.18. The molecule has 0 radical (unpaired) electrons. The summed E-state index contributed by atoms with van der Waals surface area (Å²) in [4.78, 5) is 0. The quantitative estimate of drug-likeness (QED) is 0.630. The molecule has 0 spiro atoms. The molecular weight excluding hydrogens is 176 g/mol. The second-order valence-corrected chi connectivity index (χ2v) is 6.14. The van der Waals surface area contributed by atoms with Crippen molar-refractivity contribution in [2.24, 2.45) is 0 Å². The first-order valence-electron chi connectivity index (χ1n) is 4.05. The van der Waals surface area contributed by atoms with E-state index in [0.717, 1.165) is 0 Å². The predicted octanol–water partition coefficient (Wildman–Crippen LogP) is -0.324. The van der Waals surface area contributed by atoms with Gasteiger partial charge in [-0.25, -0.2) is 13.1 Å². The van der Waals surface area contributed by atoms with Crippen LogP contribution < -0.4 is 10.0 Å². The molecule has 0 saturated carbocycles. The van der Waals surface area contributed by atoms with E-state index >= 15 is 0 Å². The summed E-state index contributed by atoms with van der Waals surface area (Å²) in [6, 6.07) is 0. The standard InChI is InChI=1S/C7H16N2O2S/c1-7(2,3)9-12(10,11)6-4-8-5-6/h6,8-9H,4-5H2,1-3H3. The minimum atomic E-state index is -3.09. The molecule has 72 valence electrons. The lowest BCUT2D eigenvalue weighted by atomic mass is 10.1. The van der Waals surface area contributed by atoms with Crippen LogP contribution in [0, 0.1) is 0 Å². The normalized spacial score (nSPS) is 20.6. The Morgan fingerprint density at radius 1 is 1.33 bits per heavy atom. The van der Waals surface area contributed by atoms with Crippen LogP contribution in [0.1, 0.15) is 20.8 Å². The lowest BCUT2D eigenvalue weighted by Gasteiger charge is -2.30. The summed E-state index contributed by atoms with van der Waals surface area (Å²) in [6.45, 7) is 6.68. The lowest BCUT2D eigenvalue weighted by Crippen LogP contribution is -2.57. The van der Waals surface area contributed by atoms with Crippen LogP contribution in [0.4, 0.5) is 0 Å². The van der Waals surface area contributed by atoms with Gasteiger partial charge in [0.15, 0.2) is 0 Å². The molecule has 4 nitrogen and oxygen atoms in total. The van der Waals surface area contributed by atoms with Gasteiger partial charge in [0.2, 0.25) is 10.0 Å². The van der Waals surface area contributed by atoms with Gasteiger partial charge < -0.3 is 5.32 Å². The van der Waals surface area contributed by atoms with Gasteiger partial charge in [0.05, 0.1) is 0 Å². The van der Waals surface area contributed by atoms with Crippen molar-refractivity contribution in [3.05, 3.63) is 0 Å². The smallest absolute Gasteiger partial charge is 0.217 e. The predicted molar refractivity (Wildman–Crippen MR) is 48.5 cm³/mol. The van der Waals surface area contributed by atoms with Crippen molar-refractivity contribution in [2.75, 3.05) is 13.1 Å². The fourth-order valence-corrected chi connectivity index (χ4v) is 2.69. The lowest BCUT2D eigenvalue weighted by molar-refractivity contribution is 0.452. The topological polar surface area (TPSA) is 58.2 Å². The maximum atomic E-state index is 11.5. The fourth-order valence-electron chi connectivity index (χ4n) is 0.992. The summed E-state index contributed by atoms with van der Waals surface area (Å²) in [6.07, 6.45) is 0. The van der Waals surface area contributed by atoms with Crippen LogP contribution in [-0.4, -0.2) is 32.3 Å². The van der Waals surface area contributed by atoms with E-state index in [9.17, 15) is 8.42 Å². The minimum absolute atomic E-state index is 0.239. The Morgan fingerprint density at radius 3 is 2.08 bits per heavy atom. The number of rotatable bonds is 2. The van der Waals surface area contributed by atoms with Gasteiger partial charge in [-0.1, -0.05) is 0 Å². The van der Waals surface area contributed by atoms with E-state index in [-0.39, 0.29) is 10.8 Å². The Morgan fingerprint density at radius 2 is 1.83 bits per heavy atom. The number of sulfonamides is 1. The molecule has 0 aromatic rings. The van der Waals surface area contributed by atoms with Gasteiger partial charge in [-0.2, -0.15) is 0 Å². The summed E-state index contributed by atoms with van der Waals surface area (Å²) in [5, 5.41) is 2.69. The van der Waals surface area contributed by atoms with E-state index < -0.39 is 10.0 Å². The molecule has 0 aliphatic carbocycles. The minimum Gasteiger partial charge on any atom is -0.314 e. The molecule has 0 bridgehead atoms. The summed E-state index contributed by atoms with van der Waals surface area (Å²) < 4.78 is 25.6. The average molecular weight is 192 g/mol. The highest BCUT2D eigenvalue weighted by atomic mass is 32.2. The van der Waals surface area contributed by atoms with E-state index in [1.807, 2.05) is 20.8 Å². The number of hydrogen-bond donors (Lipinski definition) is 2. The molecule has 1 aliphatic heterocycles. The molecule has 0 aromatic carbocycles. The van der Waals surface area contributed by atoms with Crippen molar-refractivity contribution in [3.63, 3.8) is 0 Å². The van der Waals surface area contributed by atoms with Crippen molar-refractivity contribution < 1.29 is 8.42 Å². The maximum Gasteiger partial charge on any atom is 0.217 e. The van der Waals surface area contributed by atoms with Gasteiger partial charge in [0.25, 0.3) is 0 Å². The van der Waals surface area contributed by atoms with Gasteiger partial charge >= 0.3 is 0 Å². The van der Waals surface area contributed by atoms with Gasteiger partial charge in [-0.3, -0.25) is 0 Å². The Labute approximate surface area is 73.8 Å². The highest BCUT2D eigenvalue weighted by Gasteiger charge is 2.33. The number of nitrogens with one attached hydrogen (secondary N) is 2. The van der Waals surface area contributed by atoms with Crippen molar-refractivity contribution >= 4 is 10.0 Å². The molecule has 1 rings (SSSR count). The third kappa shape index (κ3) is 2.43. The SMILES string of the molecule is CC(C)(C)NS(=O)(=O)C1CNC1. The summed E-state index contributed by atoms with van der Waals surface area (Å²) in [5.74, 6) is 0. The Kier molecular flexibility index (Phi) is 2.47. The van der Waals surface area contributed by atoms with Crippen molar-refractivity contribution in [3.8, 4) is 0 Å². The monoisotopic (exact) mass is 192 g/mol. The first-order valence-corrected chi connectivity index (χ1v) is 5.59. The zero-order valence-electron chi connectivity index (χ0n) is 7.72. The van der Waals surface area contributed by atoms with Crippen LogP contribution >= 0.6 is 0 Å². The fraction of sp³-hybridized carbons (Fsp3) is 1.00.